The summed E-state index contributed by atoms with van der Waals surface area (Å²) in [6.07, 6.45) is 1.01. The molecular weight excluding hydrogens is 264 g/mol. The molecule has 108 valence electrons. The number of rotatable bonds is 3. The van der Waals surface area contributed by atoms with E-state index in [1.165, 1.54) is 12.1 Å². The summed E-state index contributed by atoms with van der Waals surface area (Å²) in [4.78, 5) is 13.8. The minimum Gasteiger partial charge on any atom is -0.393 e. The number of carbonyl (C=O) groups is 1. The van der Waals surface area contributed by atoms with Crippen LogP contribution in [0.4, 0.5) is 8.78 Å². The molecule has 1 aromatic rings. The van der Waals surface area contributed by atoms with E-state index in [0.717, 1.165) is 12.5 Å². The second-order valence-corrected chi connectivity index (χ2v) is 5.76. The average Bonchev–Trinajstić information content (AvgIpc) is 2.75. The van der Waals surface area contributed by atoms with Crippen molar-refractivity contribution < 1.29 is 18.7 Å². The topological polar surface area (TPSA) is 40.5 Å². The highest BCUT2D eigenvalue weighted by Crippen LogP contribution is 2.40. The third-order valence-electron chi connectivity index (χ3n) is 4.51. The monoisotopic (exact) mass is 281 g/mol. The zero-order valence-electron chi connectivity index (χ0n) is 11.1. The smallest absolute Gasteiger partial charge is 0.222 e. The predicted octanol–water partition coefficient (Wildman–Crippen LogP) is 1.74. The minimum absolute atomic E-state index is 0.0182. The fourth-order valence-corrected chi connectivity index (χ4v) is 3.20. The summed E-state index contributed by atoms with van der Waals surface area (Å²) in [6.45, 7) is 1.31. The molecule has 1 aliphatic carbocycles. The molecular formula is C15H17F2NO2. The van der Waals surface area contributed by atoms with E-state index < -0.39 is 11.6 Å². The lowest BCUT2D eigenvalue weighted by Gasteiger charge is -2.34. The molecule has 0 bridgehead atoms. The van der Waals surface area contributed by atoms with Crippen molar-refractivity contribution in [3.8, 4) is 0 Å². The molecule has 5 heteroatoms. The number of nitrogens with zero attached hydrogens (tertiary/aromatic N) is 1. The van der Waals surface area contributed by atoms with Gasteiger partial charge in [0.2, 0.25) is 5.91 Å². The Morgan fingerprint density at radius 1 is 1.35 bits per heavy atom. The first kappa shape index (κ1) is 13.5. The average molecular weight is 281 g/mol. The molecule has 3 rings (SSSR count). The molecule has 1 amide bonds. The van der Waals surface area contributed by atoms with Crippen molar-refractivity contribution in [3.05, 3.63) is 35.4 Å². The molecule has 1 aromatic carbocycles. The lowest BCUT2D eigenvalue weighted by molar-refractivity contribution is -0.130. The van der Waals surface area contributed by atoms with Crippen LogP contribution in [-0.4, -0.2) is 35.1 Å². The molecule has 0 spiro atoms. The second kappa shape index (κ2) is 5.13. The SMILES string of the molecule is O=C(CCc1ccc(F)cc1F)N1C[C@H]2C[C@H](O)[C@H]2C1. The summed E-state index contributed by atoms with van der Waals surface area (Å²) in [5, 5.41) is 9.56. The highest BCUT2D eigenvalue weighted by Gasteiger charge is 2.47. The van der Waals surface area contributed by atoms with Gasteiger partial charge in [-0.1, -0.05) is 6.07 Å². The molecule has 0 aromatic heterocycles. The minimum atomic E-state index is -0.609. The molecule has 2 aliphatic rings. The van der Waals surface area contributed by atoms with Gasteiger partial charge < -0.3 is 10.0 Å². The Balaban J connectivity index is 1.55. The number of fused-ring (bicyclic) bond motifs is 1. The third-order valence-corrected chi connectivity index (χ3v) is 4.51. The largest absolute Gasteiger partial charge is 0.393 e. The number of aliphatic hydroxyl groups excluding tert-OH is 1. The number of benzene rings is 1. The Morgan fingerprint density at radius 2 is 2.15 bits per heavy atom. The van der Waals surface area contributed by atoms with Gasteiger partial charge in [-0.15, -0.1) is 0 Å². The molecule has 20 heavy (non-hydrogen) atoms. The number of hydrogen-bond donors (Lipinski definition) is 1. The summed E-state index contributed by atoms with van der Waals surface area (Å²) in [5.41, 5.74) is 0.363. The Labute approximate surface area is 116 Å². The van der Waals surface area contributed by atoms with Gasteiger partial charge in [0.15, 0.2) is 0 Å². The number of hydrogen-bond acceptors (Lipinski definition) is 2. The van der Waals surface area contributed by atoms with Crippen LogP contribution in [0, 0.1) is 23.5 Å². The van der Waals surface area contributed by atoms with Crippen LogP contribution in [0.3, 0.4) is 0 Å². The summed E-state index contributed by atoms with van der Waals surface area (Å²) in [7, 11) is 0. The van der Waals surface area contributed by atoms with Gasteiger partial charge >= 0.3 is 0 Å². The number of aryl methyl sites for hydroxylation is 1. The van der Waals surface area contributed by atoms with Crippen LogP contribution in [0.5, 0.6) is 0 Å². The second-order valence-electron chi connectivity index (χ2n) is 5.76. The summed E-state index contributed by atoms with van der Waals surface area (Å²) >= 11 is 0. The third kappa shape index (κ3) is 2.42. The quantitative estimate of drug-likeness (QED) is 0.916. The van der Waals surface area contributed by atoms with Crippen LogP contribution in [0.2, 0.25) is 0 Å². The zero-order chi connectivity index (χ0) is 14.3. The summed E-state index contributed by atoms with van der Waals surface area (Å²) < 4.78 is 26.2. The Morgan fingerprint density at radius 3 is 2.80 bits per heavy atom. The Kier molecular flexibility index (Phi) is 3.46. The number of likely N-dealkylation sites (tertiary alicyclic amines) is 1. The van der Waals surface area contributed by atoms with Gasteiger partial charge in [0.1, 0.15) is 11.6 Å². The van der Waals surface area contributed by atoms with E-state index in [4.69, 9.17) is 0 Å². The van der Waals surface area contributed by atoms with Gasteiger partial charge in [0.05, 0.1) is 6.10 Å². The number of carbonyl (C=O) groups excluding carboxylic acids is 1. The maximum absolute atomic E-state index is 13.5. The lowest BCUT2D eigenvalue weighted by Crippen LogP contribution is -2.39. The van der Waals surface area contributed by atoms with Crippen molar-refractivity contribution in [1.82, 2.24) is 4.90 Å². The van der Waals surface area contributed by atoms with E-state index in [1.54, 1.807) is 4.90 Å². The van der Waals surface area contributed by atoms with Crippen molar-refractivity contribution in [2.24, 2.45) is 11.8 Å². The highest BCUT2D eigenvalue weighted by molar-refractivity contribution is 5.77. The van der Waals surface area contributed by atoms with Crippen LogP contribution in [0.15, 0.2) is 18.2 Å². The van der Waals surface area contributed by atoms with E-state index in [-0.39, 0.29) is 30.8 Å². The standard InChI is InChI=1S/C15H17F2NO2/c16-11-3-1-9(13(17)6-11)2-4-15(20)18-7-10-5-14(19)12(10)8-18/h1,3,6,10,12,14,19H,2,4-5,7-8H2/t10-,12+,14+/m1/s1. The first-order valence-corrected chi connectivity index (χ1v) is 6.94. The van der Waals surface area contributed by atoms with Crippen molar-refractivity contribution >= 4 is 5.91 Å². The van der Waals surface area contributed by atoms with Gasteiger partial charge in [0, 0.05) is 31.5 Å². The van der Waals surface area contributed by atoms with Gasteiger partial charge in [-0.25, -0.2) is 8.78 Å². The Hall–Kier alpha value is -1.49. The maximum atomic E-state index is 13.5. The van der Waals surface area contributed by atoms with E-state index in [2.05, 4.69) is 0 Å². The fraction of sp³-hybridized carbons (Fsp3) is 0.533. The highest BCUT2D eigenvalue weighted by atomic mass is 19.1. The zero-order valence-corrected chi connectivity index (χ0v) is 11.1. The first-order chi connectivity index (χ1) is 9.54. The van der Waals surface area contributed by atoms with Crippen molar-refractivity contribution in [2.75, 3.05) is 13.1 Å². The number of halogens is 2. The molecule has 2 fully saturated rings. The Bertz CT molecular complexity index is 535. The van der Waals surface area contributed by atoms with Gasteiger partial charge in [-0.05, 0) is 30.4 Å². The normalized spacial score (nSPS) is 28.1. The van der Waals surface area contributed by atoms with Crippen molar-refractivity contribution in [2.45, 2.75) is 25.4 Å². The molecule has 3 atom stereocenters. The molecule has 1 N–H and O–H groups in total. The molecule has 1 saturated heterocycles. The number of amides is 1. The van der Waals surface area contributed by atoms with Gasteiger partial charge in [-0.2, -0.15) is 0 Å². The summed E-state index contributed by atoms with van der Waals surface area (Å²) in [6, 6.07) is 3.43. The van der Waals surface area contributed by atoms with E-state index in [0.29, 0.717) is 24.6 Å². The van der Waals surface area contributed by atoms with Gasteiger partial charge in [0.25, 0.3) is 0 Å². The van der Waals surface area contributed by atoms with E-state index >= 15 is 0 Å². The van der Waals surface area contributed by atoms with Crippen LogP contribution >= 0.6 is 0 Å². The van der Waals surface area contributed by atoms with Crippen LogP contribution in [0.25, 0.3) is 0 Å². The van der Waals surface area contributed by atoms with Crippen LogP contribution < -0.4 is 0 Å². The molecule has 1 saturated carbocycles. The van der Waals surface area contributed by atoms with Gasteiger partial charge in [-0.3, -0.25) is 4.79 Å². The summed E-state index contributed by atoms with van der Waals surface area (Å²) in [5.74, 6) is -0.578. The van der Waals surface area contributed by atoms with Crippen LogP contribution in [-0.2, 0) is 11.2 Å². The number of aliphatic hydroxyl groups is 1. The van der Waals surface area contributed by atoms with Crippen LogP contribution in [0.1, 0.15) is 18.4 Å². The first-order valence-electron chi connectivity index (χ1n) is 6.94. The fourth-order valence-electron chi connectivity index (χ4n) is 3.20. The van der Waals surface area contributed by atoms with E-state index in [1.807, 2.05) is 0 Å². The molecule has 0 radical (unpaired) electrons. The molecule has 0 unspecified atom stereocenters. The van der Waals surface area contributed by atoms with E-state index in [9.17, 15) is 18.7 Å². The molecule has 3 nitrogen and oxygen atoms in total. The lowest BCUT2D eigenvalue weighted by atomic mass is 9.74. The van der Waals surface area contributed by atoms with Crippen molar-refractivity contribution in [3.63, 3.8) is 0 Å². The molecule has 1 heterocycles. The predicted molar refractivity (Wildman–Crippen MR) is 68.9 cm³/mol. The van der Waals surface area contributed by atoms with Crippen molar-refractivity contribution in [1.29, 1.82) is 0 Å². The molecule has 1 aliphatic heterocycles. The maximum Gasteiger partial charge on any atom is 0.222 e.